The van der Waals surface area contributed by atoms with Crippen LogP contribution in [-0.2, 0) is 10.0 Å². The number of fused-ring (bicyclic) bond motifs is 1. The molecule has 0 aliphatic carbocycles. The van der Waals surface area contributed by atoms with Crippen LogP contribution < -0.4 is 10.6 Å². The van der Waals surface area contributed by atoms with Crippen LogP contribution in [0.1, 0.15) is 41.6 Å². The largest absolute Gasteiger partial charge is 0.378 e. The van der Waals surface area contributed by atoms with E-state index in [4.69, 9.17) is 5.73 Å². The number of primary amides is 1. The monoisotopic (exact) mass is 454 g/mol. The first kappa shape index (κ1) is 22.4. The van der Waals surface area contributed by atoms with E-state index in [1.165, 1.54) is 0 Å². The molecule has 1 aromatic heterocycles. The molecule has 4 rings (SSSR count). The summed E-state index contributed by atoms with van der Waals surface area (Å²) in [6.45, 7) is 2.71. The lowest BCUT2D eigenvalue weighted by molar-refractivity contribution is 0.100. The molecule has 0 atom stereocenters. The third kappa shape index (κ3) is 4.12. The number of aromatic nitrogens is 1. The fourth-order valence-corrected chi connectivity index (χ4v) is 5.66. The Morgan fingerprint density at radius 2 is 1.78 bits per heavy atom. The predicted octanol–water partition coefficient (Wildman–Crippen LogP) is 3.53. The summed E-state index contributed by atoms with van der Waals surface area (Å²) in [4.78, 5) is 17.5. The van der Waals surface area contributed by atoms with Crippen LogP contribution in [0.15, 0.2) is 42.6 Å². The van der Waals surface area contributed by atoms with E-state index in [0.29, 0.717) is 18.7 Å². The third-order valence-corrected chi connectivity index (χ3v) is 8.34. The van der Waals surface area contributed by atoms with Crippen molar-refractivity contribution < 1.29 is 13.2 Å². The fourth-order valence-electron chi connectivity index (χ4n) is 4.53. The van der Waals surface area contributed by atoms with Gasteiger partial charge in [-0.05, 0) is 66.6 Å². The van der Waals surface area contributed by atoms with Crippen molar-refractivity contribution in [1.82, 2.24) is 9.29 Å². The standard InChI is InChI=1S/C24H30N4O3S/c1-4-32(30,31)28-11-9-17(10-12-28)22-15-26-23-20(22)13-18(14-21(23)24(25)29)16-5-7-19(8-6-16)27(2)3/h5-8,13-15,17,26H,4,9-12H2,1-3H3,(H2,25,29). The van der Waals surface area contributed by atoms with Crippen LogP contribution in [0.2, 0.25) is 0 Å². The predicted molar refractivity (Wildman–Crippen MR) is 130 cm³/mol. The Morgan fingerprint density at radius 3 is 2.34 bits per heavy atom. The van der Waals surface area contributed by atoms with Crippen molar-refractivity contribution in [2.75, 3.05) is 37.8 Å². The van der Waals surface area contributed by atoms with E-state index < -0.39 is 15.9 Å². The zero-order valence-corrected chi connectivity index (χ0v) is 19.6. The zero-order chi connectivity index (χ0) is 23.0. The summed E-state index contributed by atoms with van der Waals surface area (Å²) in [5.74, 6) is -0.124. The molecule has 1 saturated heterocycles. The number of carbonyl (C=O) groups is 1. The van der Waals surface area contributed by atoms with Crippen LogP contribution in [0.3, 0.4) is 0 Å². The van der Waals surface area contributed by atoms with Crippen LogP contribution >= 0.6 is 0 Å². The summed E-state index contributed by atoms with van der Waals surface area (Å²) in [6.07, 6.45) is 3.45. The molecule has 0 spiro atoms. The van der Waals surface area contributed by atoms with Crippen molar-refractivity contribution in [2.24, 2.45) is 5.73 Å². The lowest BCUT2D eigenvalue weighted by atomic mass is 9.88. The van der Waals surface area contributed by atoms with E-state index >= 15 is 0 Å². The van der Waals surface area contributed by atoms with Gasteiger partial charge in [0.2, 0.25) is 10.0 Å². The van der Waals surface area contributed by atoms with Crippen LogP contribution in [0, 0.1) is 0 Å². The first-order valence-electron chi connectivity index (χ1n) is 10.9. The number of hydrogen-bond acceptors (Lipinski definition) is 4. The van der Waals surface area contributed by atoms with Gasteiger partial charge in [-0.2, -0.15) is 0 Å². The molecule has 32 heavy (non-hydrogen) atoms. The van der Waals surface area contributed by atoms with E-state index in [2.05, 4.69) is 11.1 Å². The highest BCUT2D eigenvalue weighted by Crippen LogP contribution is 2.37. The first-order chi connectivity index (χ1) is 15.2. The maximum atomic E-state index is 12.2. The lowest BCUT2D eigenvalue weighted by Crippen LogP contribution is -2.38. The smallest absolute Gasteiger partial charge is 0.250 e. The average molecular weight is 455 g/mol. The number of benzene rings is 2. The number of amides is 1. The number of rotatable bonds is 6. The summed E-state index contributed by atoms with van der Waals surface area (Å²) in [7, 11) is 0.825. The van der Waals surface area contributed by atoms with E-state index in [-0.39, 0.29) is 11.7 Å². The van der Waals surface area contributed by atoms with Gasteiger partial charge >= 0.3 is 0 Å². The second-order valence-electron chi connectivity index (χ2n) is 8.57. The van der Waals surface area contributed by atoms with Gasteiger partial charge in [0.1, 0.15) is 0 Å². The Hall–Kier alpha value is -2.84. The van der Waals surface area contributed by atoms with E-state index in [1.807, 2.05) is 55.5 Å². The number of sulfonamides is 1. The molecule has 1 aliphatic heterocycles. The van der Waals surface area contributed by atoms with Crippen LogP contribution in [0.25, 0.3) is 22.0 Å². The summed E-state index contributed by atoms with van der Waals surface area (Å²) >= 11 is 0. The van der Waals surface area contributed by atoms with Gasteiger partial charge < -0.3 is 15.6 Å². The maximum absolute atomic E-state index is 12.2. The number of nitrogens with two attached hydrogens (primary N) is 1. The number of aromatic amines is 1. The number of piperidine rings is 1. The van der Waals surface area contributed by atoms with Crippen LogP contribution in [0.5, 0.6) is 0 Å². The summed E-state index contributed by atoms with van der Waals surface area (Å²) in [6, 6.07) is 12.1. The Kier molecular flexibility index (Phi) is 6.01. The molecule has 170 valence electrons. The minimum atomic E-state index is -3.17. The summed E-state index contributed by atoms with van der Waals surface area (Å²) in [5.41, 5.74) is 11.1. The fraction of sp³-hybridized carbons (Fsp3) is 0.375. The van der Waals surface area contributed by atoms with Crippen molar-refractivity contribution in [1.29, 1.82) is 0 Å². The minimum absolute atomic E-state index is 0.128. The van der Waals surface area contributed by atoms with Gasteiger partial charge in [0.25, 0.3) is 5.91 Å². The van der Waals surface area contributed by atoms with Crippen molar-refractivity contribution in [3.63, 3.8) is 0 Å². The van der Waals surface area contributed by atoms with Crippen molar-refractivity contribution in [3.8, 4) is 11.1 Å². The molecule has 3 aromatic rings. The molecule has 0 unspecified atom stereocenters. The molecule has 3 N–H and O–H groups in total. The molecule has 8 heteroatoms. The molecule has 0 bridgehead atoms. The summed E-state index contributed by atoms with van der Waals surface area (Å²) in [5, 5.41) is 0.977. The van der Waals surface area contributed by atoms with Gasteiger partial charge in [-0.15, -0.1) is 0 Å². The number of hydrogen-bond donors (Lipinski definition) is 2. The van der Waals surface area contributed by atoms with E-state index in [0.717, 1.165) is 46.1 Å². The molecule has 0 saturated carbocycles. The number of nitrogens with zero attached hydrogens (tertiary/aromatic N) is 2. The quantitative estimate of drug-likeness (QED) is 0.595. The average Bonchev–Trinajstić information content (AvgIpc) is 3.22. The highest BCUT2D eigenvalue weighted by atomic mass is 32.2. The Balaban J connectivity index is 1.72. The van der Waals surface area contributed by atoms with Crippen molar-refractivity contribution >= 4 is 32.5 Å². The van der Waals surface area contributed by atoms with E-state index in [1.54, 1.807) is 11.2 Å². The van der Waals surface area contributed by atoms with Gasteiger partial charge in [0.15, 0.2) is 0 Å². The second kappa shape index (κ2) is 8.60. The summed E-state index contributed by atoms with van der Waals surface area (Å²) < 4.78 is 26.0. The number of anilines is 1. The molecule has 0 radical (unpaired) electrons. The van der Waals surface area contributed by atoms with Gasteiger partial charge in [0, 0.05) is 44.5 Å². The molecule has 1 fully saturated rings. The van der Waals surface area contributed by atoms with Crippen molar-refractivity contribution in [3.05, 3.63) is 53.7 Å². The van der Waals surface area contributed by atoms with Gasteiger partial charge in [0.05, 0.1) is 16.8 Å². The van der Waals surface area contributed by atoms with E-state index in [9.17, 15) is 13.2 Å². The Morgan fingerprint density at radius 1 is 1.12 bits per heavy atom. The van der Waals surface area contributed by atoms with Gasteiger partial charge in [-0.25, -0.2) is 12.7 Å². The lowest BCUT2D eigenvalue weighted by Gasteiger charge is -2.31. The third-order valence-electron chi connectivity index (χ3n) is 6.46. The second-order valence-corrected chi connectivity index (χ2v) is 10.8. The zero-order valence-electron chi connectivity index (χ0n) is 18.8. The van der Waals surface area contributed by atoms with Crippen LogP contribution in [0.4, 0.5) is 5.69 Å². The highest BCUT2D eigenvalue weighted by molar-refractivity contribution is 7.89. The van der Waals surface area contributed by atoms with Gasteiger partial charge in [-0.1, -0.05) is 12.1 Å². The number of nitrogens with one attached hydrogen (secondary N) is 1. The first-order valence-corrected chi connectivity index (χ1v) is 12.5. The number of carbonyl (C=O) groups excluding carboxylic acids is 1. The molecule has 2 heterocycles. The minimum Gasteiger partial charge on any atom is -0.378 e. The number of H-pyrrole nitrogens is 1. The topological polar surface area (TPSA) is 99.5 Å². The molecular weight excluding hydrogens is 424 g/mol. The molecule has 2 aromatic carbocycles. The SMILES string of the molecule is CCS(=O)(=O)N1CCC(c2c[nH]c3c(C(N)=O)cc(-c4ccc(N(C)C)cc4)cc23)CC1. The van der Waals surface area contributed by atoms with Gasteiger partial charge in [-0.3, -0.25) is 4.79 Å². The van der Waals surface area contributed by atoms with Crippen LogP contribution in [-0.4, -0.2) is 56.6 Å². The molecular formula is C24H30N4O3S. The van der Waals surface area contributed by atoms with Crippen molar-refractivity contribution in [2.45, 2.75) is 25.7 Å². The maximum Gasteiger partial charge on any atom is 0.250 e. The Bertz CT molecular complexity index is 1240. The molecule has 1 amide bonds. The molecule has 7 nitrogen and oxygen atoms in total. The molecule has 1 aliphatic rings. The normalized spacial score (nSPS) is 15.8. The Labute approximate surface area is 189 Å². The highest BCUT2D eigenvalue weighted by Gasteiger charge is 2.29.